The van der Waals surface area contributed by atoms with Crippen LogP contribution in [0.25, 0.3) is 11.2 Å². The van der Waals surface area contributed by atoms with Crippen LogP contribution in [0.1, 0.15) is 12.6 Å². The zero-order valence-electron chi connectivity index (χ0n) is 15.8. The molecule has 2 aromatic heterocycles. The maximum atomic E-state index is 11.6. The van der Waals surface area contributed by atoms with Crippen molar-refractivity contribution in [2.24, 2.45) is 0 Å². The van der Waals surface area contributed by atoms with Gasteiger partial charge < -0.3 is 49.0 Å². The van der Waals surface area contributed by atoms with Gasteiger partial charge in [-0.3, -0.25) is 18.0 Å². The van der Waals surface area contributed by atoms with Crippen molar-refractivity contribution in [3.8, 4) is 5.88 Å². The van der Waals surface area contributed by atoms with Gasteiger partial charge in [-0.25, -0.2) is 9.29 Å². The number of rotatable bonds is 9. The van der Waals surface area contributed by atoms with E-state index in [0.717, 1.165) is 0 Å². The summed E-state index contributed by atoms with van der Waals surface area (Å²) in [7, 11) is -16.6. The number of anilines is 1. The second-order valence-corrected chi connectivity index (χ2v) is 10.4. The first-order valence-corrected chi connectivity index (χ1v) is 12.7. The van der Waals surface area contributed by atoms with Crippen molar-refractivity contribution < 1.29 is 61.0 Å². The molecule has 0 aliphatic carbocycles. The molecular weight excluding hydrogens is 503 g/mol. The van der Waals surface area contributed by atoms with E-state index in [0.29, 0.717) is 0 Å². The topological polar surface area (TPSA) is 279 Å². The molecule has 1 aliphatic heterocycles. The number of hydrogen-bond donors (Lipinski definition) is 2. The Morgan fingerprint density at radius 2 is 1.91 bits per heavy atom. The molecule has 18 nitrogen and oxygen atoms in total. The monoisotopic (exact) mass is 517 g/mol. The lowest BCUT2D eigenvalue weighted by molar-refractivity contribution is -0.339. The van der Waals surface area contributed by atoms with Gasteiger partial charge in [0, 0.05) is 6.42 Å². The molecule has 0 aromatic carbocycles. The van der Waals surface area contributed by atoms with Crippen molar-refractivity contribution in [1.29, 1.82) is 0 Å². The Hall–Kier alpha value is -1.52. The van der Waals surface area contributed by atoms with Crippen molar-refractivity contribution in [2.75, 3.05) is 19.5 Å². The summed E-state index contributed by atoms with van der Waals surface area (Å²) in [5, 5.41) is 10.2. The average molecular weight is 517 g/mol. The van der Waals surface area contributed by atoms with Crippen LogP contribution in [0.2, 0.25) is 0 Å². The molecule has 1 fully saturated rings. The minimum Gasteiger partial charge on any atom is -0.790 e. The molecule has 2 aromatic rings. The van der Waals surface area contributed by atoms with Crippen LogP contribution in [0.5, 0.6) is 5.88 Å². The third kappa shape index (κ3) is 6.08. The van der Waals surface area contributed by atoms with Crippen molar-refractivity contribution in [3.05, 3.63) is 6.33 Å². The van der Waals surface area contributed by atoms with Gasteiger partial charge in [-0.2, -0.15) is 9.97 Å². The van der Waals surface area contributed by atoms with Gasteiger partial charge >= 0.3 is 0 Å². The lowest BCUT2D eigenvalue weighted by Gasteiger charge is -2.37. The predicted molar refractivity (Wildman–Crippen MR) is 91.8 cm³/mol. The maximum Gasteiger partial charge on any atom is 0.278 e. The number of phosphoric acid groups is 3. The fourth-order valence-corrected chi connectivity index (χ4v) is 5.61. The number of nitrogens with zero attached hydrogens (tertiary/aromatic N) is 4. The molecule has 32 heavy (non-hydrogen) atoms. The molecule has 21 heteroatoms. The fourth-order valence-electron chi connectivity index (χ4n) is 2.74. The lowest BCUT2D eigenvalue weighted by Crippen LogP contribution is -2.27. The van der Waals surface area contributed by atoms with Crippen LogP contribution >= 0.6 is 23.5 Å². The number of hydrogen-bond acceptors (Lipinski definition) is 17. The number of aromatic nitrogens is 4. The molecule has 0 amide bonds. The van der Waals surface area contributed by atoms with Gasteiger partial charge in [0.2, 0.25) is 11.8 Å². The number of aliphatic hydroxyl groups is 1. The van der Waals surface area contributed by atoms with Crippen LogP contribution in [0.15, 0.2) is 6.33 Å². The molecule has 1 aliphatic rings. The Morgan fingerprint density at radius 1 is 1.22 bits per heavy atom. The summed E-state index contributed by atoms with van der Waals surface area (Å²) in [5.74, 6) is -0.0528. The number of imidazole rings is 1. The van der Waals surface area contributed by atoms with Crippen molar-refractivity contribution in [1.82, 2.24) is 19.5 Å². The normalized spacial score (nSPS) is 25.5. The van der Waals surface area contributed by atoms with E-state index in [1.807, 2.05) is 0 Å². The Kier molecular flexibility index (Phi) is 7.08. The molecule has 5 atom stereocenters. The average Bonchev–Trinajstić information content (AvgIpc) is 3.19. The Balaban J connectivity index is 1.68. The summed E-state index contributed by atoms with van der Waals surface area (Å²) < 4.78 is 55.9. The van der Waals surface area contributed by atoms with Crippen LogP contribution in [-0.2, 0) is 31.6 Å². The molecule has 3 heterocycles. The molecule has 180 valence electrons. The quantitative estimate of drug-likeness (QED) is 0.311. The van der Waals surface area contributed by atoms with E-state index in [9.17, 15) is 38.4 Å². The third-order valence-electron chi connectivity index (χ3n) is 3.91. The largest absolute Gasteiger partial charge is 0.790 e. The maximum absolute atomic E-state index is 11.6. The van der Waals surface area contributed by atoms with E-state index in [1.54, 1.807) is 0 Å². The molecule has 1 saturated heterocycles. The molecule has 2 unspecified atom stereocenters. The SMILES string of the molecule is COc1nc(N)nc2c1ncn2[C@H]1C[C@H](O)[C@@H](COP(=O)([O-])OP(=O)([O-])OP(=O)([O-])[O-])O1. The van der Waals surface area contributed by atoms with Gasteiger partial charge in [0.05, 0.1) is 34.0 Å². The van der Waals surface area contributed by atoms with Crippen LogP contribution in [0.3, 0.4) is 0 Å². The molecule has 0 spiro atoms. The number of nitrogen functional groups attached to an aromatic ring is 1. The van der Waals surface area contributed by atoms with Gasteiger partial charge in [-0.05, 0) is 0 Å². The minimum absolute atomic E-state index is 0.0825. The van der Waals surface area contributed by atoms with Crippen LogP contribution in [0.4, 0.5) is 5.95 Å². The molecule has 3 N–H and O–H groups in total. The number of aliphatic hydroxyl groups excluding tert-OH is 1. The van der Waals surface area contributed by atoms with E-state index in [2.05, 4.69) is 28.1 Å². The van der Waals surface area contributed by atoms with E-state index >= 15 is 0 Å². The van der Waals surface area contributed by atoms with Crippen molar-refractivity contribution >= 4 is 40.6 Å². The zero-order valence-corrected chi connectivity index (χ0v) is 18.5. The molecular formula is C11H14N5O13P3-4. The molecule has 0 saturated carbocycles. The first kappa shape index (κ1) is 25.1. The lowest BCUT2D eigenvalue weighted by atomic mass is 10.2. The number of fused-ring (bicyclic) bond motifs is 1. The van der Waals surface area contributed by atoms with Crippen LogP contribution < -0.4 is 30.0 Å². The highest BCUT2D eigenvalue weighted by Gasteiger charge is 2.37. The van der Waals surface area contributed by atoms with Gasteiger partial charge in [0.15, 0.2) is 11.2 Å². The standard InChI is InChI=1S/C11H18N5O13P3/c1-25-10-8-9(14-11(12)15-10)16(4-13-8)7-2-5(17)6(27-7)3-26-31(21,22)29-32(23,24)28-30(18,19)20/h4-7,17H,2-3H2,1H3,(H,21,22)(H,23,24)(H2,12,14,15)(H2,18,19,20)/p-4/t5-,6+,7+/m0/s1. The Bertz CT molecular complexity index is 1140. The predicted octanol–water partition coefficient (Wildman–Crippen LogP) is -3.12. The van der Waals surface area contributed by atoms with E-state index < -0.39 is 48.5 Å². The van der Waals surface area contributed by atoms with Gasteiger partial charge in [-0.15, -0.1) is 0 Å². The number of methoxy groups -OCH3 is 1. The van der Waals surface area contributed by atoms with E-state index in [-0.39, 0.29) is 29.4 Å². The number of ether oxygens (including phenoxy) is 2. The first-order valence-electron chi connectivity index (χ1n) is 8.28. The molecule has 0 radical (unpaired) electrons. The highest BCUT2D eigenvalue weighted by atomic mass is 31.3. The summed E-state index contributed by atoms with van der Waals surface area (Å²) in [6.07, 6.45) is -2.32. The zero-order chi connectivity index (χ0) is 23.9. The second kappa shape index (κ2) is 9.02. The summed E-state index contributed by atoms with van der Waals surface area (Å²) in [6.45, 7) is -0.933. The first-order chi connectivity index (χ1) is 14.7. The number of nitrogens with two attached hydrogens (primary N) is 1. The van der Waals surface area contributed by atoms with Crippen molar-refractivity contribution in [3.63, 3.8) is 0 Å². The Labute approximate surface area is 178 Å². The van der Waals surface area contributed by atoms with Crippen LogP contribution in [-0.4, -0.2) is 50.6 Å². The smallest absolute Gasteiger partial charge is 0.278 e. The van der Waals surface area contributed by atoms with Gasteiger partial charge in [-0.1, -0.05) is 0 Å². The molecule has 0 bridgehead atoms. The van der Waals surface area contributed by atoms with Crippen LogP contribution in [0, 0.1) is 0 Å². The van der Waals surface area contributed by atoms with Gasteiger partial charge in [0.25, 0.3) is 15.6 Å². The summed E-state index contributed by atoms with van der Waals surface area (Å²) >= 11 is 0. The van der Waals surface area contributed by atoms with E-state index in [4.69, 9.17) is 15.2 Å². The highest BCUT2D eigenvalue weighted by molar-refractivity contribution is 7.64. The summed E-state index contributed by atoms with van der Waals surface area (Å²) in [4.78, 5) is 55.4. The second-order valence-electron chi connectivity index (χ2n) is 6.15. The minimum atomic E-state index is -6.11. The third-order valence-corrected chi connectivity index (χ3v) is 7.58. The highest BCUT2D eigenvalue weighted by Crippen LogP contribution is 2.60. The fraction of sp³-hybridized carbons (Fsp3) is 0.545. The molecule has 3 rings (SSSR count). The number of phosphoric ester groups is 1. The Morgan fingerprint density at radius 3 is 2.53 bits per heavy atom. The summed E-state index contributed by atoms with van der Waals surface area (Å²) in [6, 6.07) is 0. The van der Waals surface area contributed by atoms with Crippen molar-refractivity contribution in [2.45, 2.75) is 24.9 Å². The van der Waals surface area contributed by atoms with Gasteiger partial charge in [0.1, 0.15) is 12.3 Å². The van der Waals surface area contributed by atoms with E-state index in [1.165, 1.54) is 18.0 Å². The summed E-state index contributed by atoms with van der Waals surface area (Å²) in [5.41, 5.74) is 6.04.